The minimum absolute atomic E-state index is 0.0506. The van der Waals surface area contributed by atoms with Crippen molar-refractivity contribution in [2.45, 2.75) is 39.4 Å². The Morgan fingerprint density at radius 1 is 1.38 bits per heavy atom. The topological polar surface area (TPSA) is 78.8 Å². The average molecular weight is 291 g/mol. The van der Waals surface area contributed by atoms with Crippen molar-refractivity contribution in [3.63, 3.8) is 0 Å². The average Bonchev–Trinajstić information content (AvgIpc) is 2.38. The van der Waals surface area contributed by atoms with Crippen LogP contribution in [0.4, 0.5) is 4.79 Å². The van der Waals surface area contributed by atoms with Gasteiger partial charge in [0.05, 0.1) is 6.61 Å². The molecule has 114 valence electrons. The van der Waals surface area contributed by atoms with Crippen molar-refractivity contribution in [1.82, 2.24) is 5.32 Å². The van der Waals surface area contributed by atoms with E-state index in [0.29, 0.717) is 24.1 Å². The summed E-state index contributed by atoms with van der Waals surface area (Å²) in [5, 5.41) is 21.1. The maximum Gasteiger partial charge on any atom is 0.407 e. The van der Waals surface area contributed by atoms with E-state index >= 15 is 0 Å². The number of aliphatic hydroxyl groups is 1. The first-order valence-corrected chi connectivity index (χ1v) is 6.70. The zero-order valence-corrected chi connectivity index (χ0v) is 12.6. The molecule has 1 aromatic carbocycles. The maximum atomic E-state index is 11.4. The molecule has 0 saturated heterocycles. The Balaban J connectivity index is 2.42. The van der Waals surface area contributed by atoms with E-state index in [1.807, 2.05) is 0 Å². The molecule has 0 spiro atoms. The lowest BCUT2D eigenvalue weighted by molar-refractivity contribution is 0.0529. The predicted molar refractivity (Wildman–Crippen MR) is 79.8 cm³/mol. The lowest BCUT2D eigenvalue weighted by Gasteiger charge is -2.19. The summed E-state index contributed by atoms with van der Waals surface area (Å²) in [6.45, 7) is 5.57. The standard InChI is InChI=1S/C16H21NO4/c1-16(2,3)21-15(20)17-9-5-4-6-12-7-8-14(19)13(10-12)11-18/h7-8,10,18-19H,5,9,11H2,1-3H3,(H,17,20). The Labute approximate surface area is 124 Å². The number of carbonyl (C=O) groups excluding carboxylic acids is 1. The molecule has 0 saturated carbocycles. The van der Waals surface area contributed by atoms with Gasteiger partial charge in [0.1, 0.15) is 11.4 Å². The van der Waals surface area contributed by atoms with Crippen LogP contribution in [0.5, 0.6) is 5.75 Å². The van der Waals surface area contributed by atoms with Gasteiger partial charge in [0.2, 0.25) is 0 Å². The normalized spacial score (nSPS) is 10.5. The smallest absolute Gasteiger partial charge is 0.407 e. The number of benzene rings is 1. The number of nitrogens with one attached hydrogen (secondary N) is 1. The highest BCUT2D eigenvalue weighted by molar-refractivity contribution is 5.67. The fraction of sp³-hybridized carbons (Fsp3) is 0.438. The molecular weight excluding hydrogens is 270 g/mol. The summed E-state index contributed by atoms with van der Waals surface area (Å²) in [5.41, 5.74) is 0.630. The Morgan fingerprint density at radius 2 is 2.10 bits per heavy atom. The van der Waals surface area contributed by atoms with Crippen molar-refractivity contribution in [2.75, 3.05) is 6.54 Å². The summed E-state index contributed by atoms with van der Waals surface area (Å²) in [6.07, 6.45) is 0.0192. The minimum Gasteiger partial charge on any atom is -0.508 e. The molecule has 0 heterocycles. The fourth-order valence-electron chi connectivity index (χ4n) is 1.50. The number of hydrogen-bond acceptors (Lipinski definition) is 4. The molecule has 0 atom stereocenters. The van der Waals surface area contributed by atoms with Gasteiger partial charge in [-0.15, -0.1) is 0 Å². The molecule has 0 radical (unpaired) electrons. The van der Waals surface area contributed by atoms with Crippen LogP contribution in [0.25, 0.3) is 0 Å². The van der Waals surface area contributed by atoms with Crippen molar-refractivity contribution in [1.29, 1.82) is 0 Å². The molecule has 0 aliphatic carbocycles. The Bertz CT molecular complexity index is 550. The number of aromatic hydroxyl groups is 1. The van der Waals surface area contributed by atoms with Gasteiger partial charge in [0.25, 0.3) is 0 Å². The molecule has 0 aliphatic heterocycles. The second-order valence-corrected chi connectivity index (χ2v) is 5.48. The second-order valence-electron chi connectivity index (χ2n) is 5.48. The second kappa shape index (κ2) is 7.55. The number of aliphatic hydroxyl groups excluding tert-OH is 1. The molecule has 5 heteroatoms. The molecule has 1 rings (SSSR count). The van der Waals surface area contributed by atoms with Crippen LogP contribution in [0.3, 0.4) is 0 Å². The van der Waals surface area contributed by atoms with E-state index in [1.54, 1.807) is 32.9 Å². The van der Waals surface area contributed by atoms with Gasteiger partial charge in [-0.3, -0.25) is 0 Å². The van der Waals surface area contributed by atoms with Crippen LogP contribution in [0.15, 0.2) is 18.2 Å². The van der Waals surface area contributed by atoms with Gasteiger partial charge in [-0.25, -0.2) is 4.79 Å². The Hall–Kier alpha value is -2.19. The lowest BCUT2D eigenvalue weighted by Crippen LogP contribution is -2.32. The van der Waals surface area contributed by atoms with Crippen molar-refractivity contribution in [2.24, 2.45) is 0 Å². The first kappa shape index (κ1) is 16.9. The Morgan fingerprint density at radius 3 is 2.71 bits per heavy atom. The lowest BCUT2D eigenvalue weighted by atomic mass is 10.1. The molecule has 21 heavy (non-hydrogen) atoms. The summed E-state index contributed by atoms with van der Waals surface area (Å²) >= 11 is 0. The van der Waals surface area contributed by atoms with Crippen molar-refractivity contribution < 1.29 is 19.7 Å². The molecule has 1 amide bonds. The minimum atomic E-state index is -0.511. The van der Waals surface area contributed by atoms with E-state index in [0.717, 1.165) is 0 Å². The first-order chi connectivity index (χ1) is 9.81. The SMILES string of the molecule is CC(C)(C)OC(=O)NCCC#Cc1ccc(O)c(CO)c1. The zero-order chi connectivity index (χ0) is 15.9. The monoisotopic (exact) mass is 291 g/mol. The zero-order valence-electron chi connectivity index (χ0n) is 12.6. The van der Waals surface area contributed by atoms with E-state index in [-0.39, 0.29) is 12.4 Å². The molecule has 0 aliphatic rings. The van der Waals surface area contributed by atoms with Crippen LogP contribution in [0.1, 0.15) is 38.3 Å². The highest BCUT2D eigenvalue weighted by Gasteiger charge is 2.15. The highest BCUT2D eigenvalue weighted by atomic mass is 16.6. The van der Waals surface area contributed by atoms with Crippen LogP contribution in [0, 0.1) is 11.8 Å². The van der Waals surface area contributed by atoms with E-state index in [4.69, 9.17) is 9.84 Å². The van der Waals surface area contributed by atoms with Gasteiger partial charge in [0.15, 0.2) is 0 Å². The van der Waals surface area contributed by atoms with E-state index in [2.05, 4.69) is 17.2 Å². The molecule has 0 unspecified atom stereocenters. The number of ether oxygens (including phenoxy) is 1. The van der Waals surface area contributed by atoms with E-state index in [1.165, 1.54) is 6.07 Å². The van der Waals surface area contributed by atoms with Gasteiger partial charge in [-0.1, -0.05) is 11.8 Å². The van der Waals surface area contributed by atoms with Crippen LogP contribution < -0.4 is 5.32 Å². The maximum absolute atomic E-state index is 11.4. The Kier molecular flexibility index (Phi) is 6.07. The molecule has 3 N–H and O–H groups in total. The third-order valence-electron chi connectivity index (χ3n) is 2.40. The van der Waals surface area contributed by atoms with E-state index in [9.17, 15) is 9.90 Å². The number of amides is 1. The van der Waals surface area contributed by atoms with Gasteiger partial charge in [0, 0.05) is 24.1 Å². The summed E-state index contributed by atoms with van der Waals surface area (Å²) in [6, 6.07) is 4.79. The fourth-order valence-corrected chi connectivity index (χ4v) is 1.50. The van der Waals surface area contributed by atoms with Crippen LogP contribution in [0.2, 0.25) is 0 Å². The highest BCUT2D eigenvalue weighted by Crippen LogP contribution is 2.17. The molecule has 0 fully saturated rings. The quantitative estimate of drug-likeness (QED) is 0.589. The third-order valence-corrected chi connectivity index (χ3v) is 2.40. The van der Waals surface area contributed by atoms with E-state index < -0.39 is 11.7 Å². The van der Waals surface area contributed by atoms with Crippen LogP contribution in [-0.4, -0.2) is 28.5 Å². The van der Waals surface area contributed by atoms with Gasteiger partial charge in [-0.2, -0.15) is 0 Å². The summed E-state index contributed by atoms with van der Waals surface area (Å²) in [7, 11) is 0. The van der Waals surface area contributed by atoms with Crippen molar-refractivity contribution >= 4 is 6.09 Å². The van der Waals surface area contributed by atoms with Gasteiger partial charge < -0.3 is 20.3 Å². The molecule has 0 bridgehead atoms. The summed E-state index contributed by atoms with van der Waals surface area (Å²) < 4.78 is 5.09. The number of phenols is 1. The van der Waals surface area contributed by atoms with Crippen LogP contribution in [-0.2, 0) is 11.3 Å². The number of rotatable bonds is 3. The first-order valence-electron chi connectivity index (χ1n) is 6.70. The summed E-state index contributed by atoms with van der Waals surface area (Å²) in [5.74, 6) is 5.86. The van der Waals surface area contributed by atoms with Crippen molar-refractivity contribution in [3.05, 3.63) is 29.3 Å². The third kappa shape index (κ3) is 6.68. The number of alkyl carbamates (subject to hydrolysis) is 1. The number of hydrogen-bond donors (Lipinski definition) is 3. The molecule has 1 aromatic rings. The predicted octanol–water partition coefficient (Wildman–Crippen LogP) is 2.15. The number of carbonyl (C=O) groups is 1. The largest absolute Gasteiger partial charge is 0.508 e. The molecular formula is C16H21NO4. The molecule has 5 nitrogen and oxygen atoms in total. The summed E-state index contributed by atoms with van der Waals surface area (Å²) in [4.78, 5) is 11.4. The van der Waals surface area contributed by atoms with Crippen molar-refractivity contribution in [3.8, 4) is 17.6 Å². The van der Waals surface area contributed by atoms with Crippen LogP contribution >= 0.6 is 0 Å². The van der Waals surface area contributed by atoms with Gasteiger partial charge >= 0.3 is 6.09 Å². The molecule has 0 aromatic heterocycles. The van der Waals surface area contributed by atoms with Gasteiger partial charge in [-0.05, 0) is 39.0 Å².